The Morgan fingerprint density at radius 1 is 1.14 bits per heavy atom. The van der Waals surface area contributed by atoms with Gasteiger partial charge in [0.05, 0.1) is 0 Å². The van der Waals surface area contributed by atoms with Crippen LogP contribution in [0.2, 0.25) is 0 Å². The lowest BCUT2D eigenvalue weighted by atomic mass is 10.1. The maximum absolute atomic E-state index is 12.9. The van der Waals surface area contributed by atoms with Gasteiger partial charge in [0, 0.05) is 13.6 Å². The number of amides is 1. The Morgan fingerprint density at radius 2 is 1.73 bits per heavy atom. The van der Waals surface area contributed by atoms with Gasteiger partial charge in [0.2, 0.25) is 0 Å². The van der Waals surface area contributed by atoms with Gasteiger partial charge in [-0.15, -0.1) is 0 Å². The molecular weight excluding hydrogens is 281 g/mol. The molecule has 0 spiro atoms. The van der Waals surface area contributed by atoms with Crippen LogP contribution in [0, 0.1) is 12.7 Å². The lowest BCUT2D eigenvalue weighted by Gasteiger charge is -2.22. The lowest BCUT2D eigenvalue weighted by molar-refractivity contribution is -0.137. The number of likely N-dealkylation sites (N-methyl/N-ethyl adjacent to an activating group) is 1. The highest BCUT2D eigenvalue weighted by Gasteiger charge is 2.19. The number of halogens is 1. The first-order chi connectivity index (χ1) is 10.5. The van der Waals surface area contributed by atoms with Crippen LogP contribution >= 0.6 is 0 Å². The van der Waals surface area contributed by atoms with E-state index in [9.17, 15) is 9.18 Å². The Hall–Kier alpha value is -2.36. The molecule has 0 fully saturated rings. The van der Waals surface area contributed by atoms with Crippen LogP contribution < -0.4 is 4.74 Å². The van der Waals surface area contributed by atoms with Crippen LogP contribution in [0.3, 0.4) is 0 Å². The normalized spacial score (nSPS) is 11.8. The first-order valence-corrected chi connectivity index (χ1v) is 7.18. The van der Waals surface area contributed by atoms with Crippen molar-refractivity contribution in [2.24, 2.45) is 0 Å². The summed E-state index contributed by atoms with van der Waals surface area (Å²) in [4.78, 5) is 13.9. The summed E-state index contributed by atoms with van der Waals surface area (Å²) in [6.45, 7) is 4.24. The van der Waals surface area contributed by atoms with Gasteiger partial charge in [-0.1, -0.05) is 29.8 Å². The highest BCUT2D eigenvalue weighted by Crippen LogP contribution is 2.14. The first-order valence-electron chi connectivity index (χ1n) is 7.18. The predicted octanol–water partition coefficient (Wildman–Crippen LogP) is 3.56. The molecule has 2 aromatic rings. The molecule has 0 radical (unpaired) electrons. The van der Waals surface area contributed by atoms with E-state index in [2.05, 4.69) is 0 Å². The van der Waals surface area contributed by atoms with Crippen LogP contribution in [0.5, 0.6) is 5.75 Å². The number of aryl methyl sites for hydroxylation is 1. The van der Waals surface area contributed by atoms with Gasteiger partial charge in [-0.2, -0.15) is 0 Å². The minimum Gasteiger partial charge on any atom is -0.481 e. The highest BCUT2D eigenvalue weighted by atomic mass is 19.1. The molecule has 2 rings (SSSR count). The zero-order chi connectivity index (χ0) is 16.1. The summed E-state index contributed by atoms with van der Waals surface area (Å²) < 4.78 is 18.4. The van der Waals surface area contributed by atoms with E-state index in [0.717, 1.165) is 5.56 Å². The average Bonchev–Trinajstić information content (AvgIpc) is 2.51. The maximum Gasteiger partial charge on any atom is 0.263 e. The van der Waals surface area contributed by atoms with E-state index in [-0.39, 0.29) is 11.7 Å². The molecule has 0 aliphatic heterocycles. The van der Waals surface area contributed by atoms with E-state index in [1.54, 1.807) is 18.9 Å². The Labute approximate surface area is 130 Å². The molecule has 3 nitrogen and oxygen atoms in total. The van der Waals surface area contributed by atoms with Crippen LogP contribution in [-0.2, 0) is 11.3 Å². The number of carbonyl (C=O) groups is 1. The Balaban J connectivity index is 1.94. The largest absolute Gasteiger partial charge is 0.481 e. The third-order valence-electron chi connectivity index (χ3n) is 3.39. The monoisotopic (exact) mass is 301 g/mol. The third kappa shape index (κ3) is 4.32. The molecule has 0 unspecified atom stereocenters. The van der Waals surface area contributed by atoms with Gasteiger partial charge in [0.1, 0.15) is 11.6 Å². The fraction of sp³-hybridized carbons (Fsp3) is 0.278. The van der Waals surface area contributed by atoms with Crippen molar-refractivity contribution in [3.63, 3.8) is 0 Å². The molecule has 0 bridgehead atoms. The fourth-order valence-corrected chi connectivity index (χ4v) is 2.12. The van der Waals surface area contributed by atoms with Gasteiger partial charge in [0.15, 0.2) is 6.10 Å². The first kappa shape index (κ1) is 16.0. The number of hydrogen-bond donors (Lipinski definition) is 0. The molecular formula is C18H20FNO2. The van der Waals surface area contributed by atoms with Crippen molar-refractivity contribution in [1.82, 2.24) is 4.90 Å². The molecule has 4 heteroatoms. The van der Waals surface area contributed by atoms with Crippen LogP contribution in [0.1, 0.15) is 18.1 Å². The summed E-state index contributed by atoms with van der Waals surface area (Å²) >= 11 is 0. The van der Waals surface area contributed by atoms with E-state index in [4.69, 9.17) is 4.74 Å². The van der Waals surface area contributed by atoms with Crippen LogP contribution in [0.4, 0.5) is 4.39 Å². The van der Waals surface area contributed by atoms with Crippen molar-refractivity contribution in [3.8, 4) is 5.75 Å². The number of ether oxygens (including phenoxy) is 1. The van der Waals surface area contributed by atoms with E-state index in [0.29, 0.717) is 12.3 Å². The molecule has 0 saturated carbocycles. The molecule has 0 aliphatic rings. The van der Waals surface area contributed by atoms with Crippen LogP contribution in [0.25, 0.3) is 0 Å². The highest BCUT2D eigenvalue weighted by molar-refractivity contribution is 5.80. The van der Waals surface area contributed by atoms with Crippen molar-refractivity contribution in [1.29, 1.82) is 0 Å². The summed E-state index contributed by atoms with van der Waals surface area (Å²) in [7, 11) is 1.74. The van der Waals surface area contributed by atoms with E-state index >= 15 is 0 Å². The topological polar surface area (TPSA) is 29.5 Å². The van der Waals surface area contributed by atoms with Gasteiger partial charge in [-0.3, -0.25) is 4.79 Å². The summed E-state index contributed by atoms with van der Waals surface area (Å²) in [5.74, 6) is 0.0266. The van der Waals surface area contributed by atoms with E-state index < -0.39 is 6.10 Å². The van der Waals surface area contributed by atoms with Crippen molar-refractivity contribution < 1.29 is 13.9 Å². The fourth-order valence-electron chi connectivity index (χ4n) is 2.12. The minimum absolute atomic E-state index is 0.120. The van der Waals surface area contributed by atoms with Crippen molar-refractivity contribution in [2.45, 2.75) is 26.5 Å². The minimum atomic E-state index is -0.624. The summed E-state index contributed by atoms with van der Waals surface area (Å²) in [5.41, 5.74) is 2.25. The SMILES string of the molecule is Cc1ccc(CN(C)C(=O)[C@@H](C)Oc2ccc(F)cc2)cc1. The number of benzene rings is 2. The third-order valence-corrected chi connectivity index (χ3v) is 3.39. The summed E-state index contributed by atoms with van der Waals surface area (Å²) in [6.07, 6.45) is -0.624. The second kappa shape index (κ2) is 7.07. The molecule has 22 heavy (non-hydrogen) atoms. The van der Waals surface area contributed by atoms with Crippen molar-refractivity contribution in [2.75, 3.05) is 7.05 Å². The van der Waals surface area contributed by atoms with Crippen LogP contribution in [-0.4, -0.2) is 24.0 Å². The Kier molecular flexibility index (Phi) is 5.15. The number of carbonyl (C=O) groups excluding carboxylic acids is 1. The molecule has 0 aromatic heterocycles. The van der Waals surface area contributed by atoms with Gasteiger partial charge in [-0.05, 0) is 43.7 Å². The van der Waals surface area contributed by atoms with Crippen LogP contribution in [0.15, 0.2) is 48.5 Å². The predicted molar refractivity (Wildman–Crippen MR) is 84.1 cm³/mol. The molecule has 1 atom stereocenters. The molecule has 0 heterocycles. The summed E-state index contributed by atoms with van der Waals surface area (Å²) in [5, 5.41) is 0. The van der Waals surface area contributed by atoms with Crippen molar-refractivity contribution in [3.05, 3.63) is 65.5 Å². The average molecular weight is 301 g/mol. The molecule has 0 saturated heterocycles. The zero-order valence-electron chi connectivity index (χ0n) is 13.0. The molecule has 1 amide bonds. The summed E-state index contributed by atoms with van der Waals surface area (Å²) in [6, 6.07) is 13.7. The van der Waals surface area contributed by atoms with E-state index in [1.807, 2.05) is 31.2 Å². The van der Waals surface area contributed by atoms with Gasteiger partial charge in [0.25, 0.3) is 5.91 Å². The van der Waals surface area contributed by atoms with E-state index in [1.165, 1.54) is 29.8 Å². The molecule has 2 aromatic carbocycles. The molecule has 0 N–H and O–H groups in total. The maximum atomic E-state index is 12.9. The lowest BCUT2D eigenvalue weighted by Crippen LogP contribution is -2.37. The van der Waals surface area contributed by atoms with Gasteiger partial charge >= 0.3 is 0 Å². The smallest absolute Gasteiger partial charge is 0.263 e. The zero-order valence-corrected chi connectivity index (χ0v) is 13.0. The second-order valence-electron chi connectivity index (χ2n) is 5.39. The second-order valence-corrected chi connectivity index (χ2v) is 5.39. The van der Waals surface area contributed by atoms with Gasteiger partial charge in [-0.25, -0.2) is 4.39 Å². The number of hydrogen-bond acceptors (Lipinski definition) is 2. The van der Waals surface area contributed by atoms with Crippen molar-refractivity contribution >= 4 is 5.91 Å². The molecule has 116 valence electrons. The number of rotatable bonds is 5. The Morgan fingerprint density at radius 3 is 2.32 bits per heavy atom. The Bertz CT molecular complexity index is 567. The number of nitrogens with zero attached hydrogens (tertiary/aromatic N) is 1. The standard InChI is InChI=1S/C18H20FNO2/c1-13-4-6-15(7-5-13)12-20(3)18(21)14(2)22-17-10-8-16(19)9-11-17/h4-11,14H,12H2,1-3H3/t14-/m1/s1. The quantitative estimate of drug-likeness (QED) is 0.845. The van der Waals surface area contributed by atoms with Gasteiger partial charge < -0.3 is 9.64 Å². The molecule has 0 aliphatic carbocycles.